The topological polar surface area (TPSA) is 21.1 Å². The third kappa shape index (κ3) is 3.45. The second kappa shape index (κ2) is 6.19. The average Bonchev–Trinajstić information content (AvgIpc) is 2.75. The van der Waals surface area contributed by atoms with E-state index >= 15 is 0 Å². The molecule has 0 aromatic carbocycles. The number of hydrogen-bond donors (Lipinski definition) is 0. The van der Waals surface area contributed by atoms with Crippen LogP contribution in [-0.2, 0) is 13.6 Å². The van der Waals surface area contributed by atoms with Crippen LogP contribution in [0.4, 0.5) is 0 Å². The third-order valence-corrected chi connectivity index (χ3v) is 3.87. The van der Waals surface area contributed by atoms with Crippen molar-refractivity contribution in [2.75, 3.05) is 6.54 Å². The SMILES string of the molecule is CC(C)N(Cc1nccn1C)CC1CC=CCC1. The Kier molecular flexibility index (Phi) is 4.59. The summed E-state index contributed by atoms with van der Waals surface area (Å²) in [5.74, 6) is 1.98. The molecule has 1 aromatic rings. The molecule has 0 N–H and O–H groups in total. The first-order valence-electron chi connectivity index (χ1n) is 7.02. The van der Waals surface area contributed by atoms with Gasteiger partial charge < -0.3 is 4.57 Å². The molecule has 0 saturated carbocycles. The van der Waals surface area contributed by atoms with Gasteiger partial charge in [0.15, 0.2) is 0 Å². The Balaban J connectivity index is 1.95. The van der Waals surface area contributed by atoms with Crippen LogP contribution in [0, 0.1) is 5.92 Å². The fourth-order valence-electron chi connectivity index (χ4n) is 2.54. The summed E-state index contributed by atoms with van der Waals surface area (Å²) in [6.07, 6.45) is 12.4. The van der Waals surface area contributed by atoms with Gasteiger partial charge in [-0.15, -0.1) is 0 Å². The second-order valence-corrected chi connectivity index (χ2v) is 5.63. The number of hydrogen-bond acceptors (Lipinski definition) is 2. The summed E-state index contributed by atoms with van der Waals surface area (Å²) in [5, 5.41) is 0. The van der Waals surface area contributed by atoms with Crippen LogP contribution in [0.15, 0.2) is 24.5 Å². The first kappa shape index (κ1) is 13.3. The van der Waals surface area contributed by atoms with E-state index in [9.17, 15) is 0 Å². The van der Waals surface area contributed by atoms with Crippen molar-refractivity contribution in [3.63, 3.8) is 0 Å². The predicted molar refractivity (Wildman–Crippen MR) is 75.2 cm³/mol. The molecule has 3 nitrogen and oxygen atoms in total. The summed E-state index contributed by atoms with van der Waals surface area (Å²) < 4.78 is 2.12. The fraction of sp³-hybridized carbons (Fsp3) is 0.667. The van der Waals surface area contributed by atoms with Crippen molar-refractivity contribution in [1.82, 2.24) is 14.5 Å². The molecule has 1 aromatic heterocycles. The van der Waals surface area contributed by atoms with Gasteiger partial charge in [-0.1, -0.05) is 12.2 Å². The Morgan fingerprint density at radius 1 is 1.44 bits per heavy atom. The van der Waals surface area contributed by atoms with Crippen LogP contribution in [0.25, 0.3) is 0 Å². The molecule has 18 heavy (non-hydrogen) atoms. The largest absolute Gasteiger partial charge is 0.337 e. The lowest BCUT2D eigenvalue weighted by molar-refractivity contribution is 0.167. The number of aromatic nitrogens is 2. The molecule has 2 rings (SSSR count). The summed E-state index contributed by atoms with van der Waals surface area (Å²) in [7, 11) is 2.07. The van der Waals surface area contributed by atoms with Gasteiger partial charge in [0.1, 0.15) is 5.82 Å². The molecule has 100 valence electrons. The maximum absolute atomic E-state index is 4.44. The molecule has 0 aliphatic heterocycles. The van der Waals surface area contributed by atoms with Crippen LogP contribution < -0.4 is 0 Å². The second-order valence-electron chi connectivity index (χ2n) is 5.63. The highest BCUT2D eigenvalue weighted by atomic mass is 15.2. The molecule has 1 unspecified atom stereocenters. The Bertz CT molecular complexity index is 392. The highest BCUT2D eigenvalue weighted by Gasteiger charge is 2.18. The van der Waals surface area contributed by atoms with E-state index in [1.807, 2.05) is 12.4 Å². The van der Waals surface area contributed by atoms with E-state index in [0.717, 1.165) is 18.3 Å². The number of rotatable bonds is 5. The van der Waals surface area contributed by atoms with Gasteiger partial charge in [0.25, 0.3) is 0 Å². The van der Waals surface area contributed by atoms with Gasteiger partial charge in [-0.3, -0.25) is 4.90 Å². The fourth-order valence-corrected chi connectivity index (χ4v) is 2.54. The van der Waals surface area contributed by atoms with Crippen LogP contribution >= 0.6 is 0 Å². The number of aryl methyl sites for hydroxylation is 1. The van der Waals surface area contributed by atoms with Crippen molar-refractivity contribution in [3.05, 3.63) is 30.4 Å². The molecule has 0 radical (unpaired) electrons. The molecular weight excluding hydrogens is 222 g/mol. The van der Waals surface area contributed by atoms with Crippen molar-refractivity contribution in [2.45, 2.75) is 45.7 Å². The minimum absolute atomic E-state index is 0.576. The smallest absolute Gasteiger partial charge is 0.122 e. The van der Waals surface area contributed by atoms with Crippen molar-refractivity contribution >= 4 is 0 Å². The van der Waals surface area contributed by atoms with Crippen LogP contribution in [-0.4, -0.2) is 27.0 Å². The minimum atomic E-state index is 0.576. The first-order valence-corrected chi connectivity index (χ1v) is 7.02. The van der Waals surface area contributed by atoms with E-state index < -0.39 is 0 Å². The Labute approximate surface area is 111 Å². The predicted octanol–water partition coefficient (Wildman–Crippen LogP) is 2.99. The summed E-state index contributed by atoms with van der Waals surface area (Å²) in [6, 6.07) is 0.576. The highest BCUT2D eigenvalue weighted by molar-refractivity contribution is 4.94. The van der Waals surface area contributed by atoms with E-state index in [1.54, 1.807) is 0 Å². The zero-order valence-corrected chi connectivity index (χ0v) is 11.8. The van der Waals surface area contributed by atoms with E-state index in [0.29, 0.717) is 6.04 Å². The van der Waals surface area contributed by atoms with Crippen molar-refractivity contribution in [2.24, 2.45) is 13.0 Å². The molecule has 0 spiro atoms. The third-order valence-electron chi connectivity index (χ3n) is 3.87. The molecule has 1 aliphatic rings. The number of imidazole rings is 1. The number of allylic oxidation sites excluding steroid dienone is 2. The lowest BCUT2D eigenvalue weighted by atomic mass is 9.93. The molecule has 0 amide bonds. The lowest BCUT2D eigenvalue weighted by Crippen LogP contribution is -2.36. The Morgan fingerprint density at radius 2 is 2.28 bits per heavy atom. The van der Waals surface area contributed by atoms with Gasteiger partial charge in [-0.25, -0.2) is 4.98 Å². The van der Waals surface area contributed by atoms with E-state index in [4.69, 9.17) is 0 Å². The minimum Gasteiger partial charge on any atom is -0.337 e. The highest BCUT2D eigenvalue weighted by Crippen LogP contribution is 2.21. The zero-order valence-electron chi connectivity index (χ0n) is 11.8. The quantitative estimate of drug-likeness (QED) is 0.746. The van der Waals surface area contributed by atoms with Gasteiger partial charge in [0, 0.05) is 32.0 Å². The summed E-state index contributed by atoms with van der Waals surface area (Å²) >= 11 is 0. The maximum Gasteiger partial charge on any atom is 0.122 e. The maximum atomic E-state index is 4.44. The summed E-state index contributed by atoms with van der Waals surface area (Å²) in [4.78, 5) is 6.99. The van der Waals surface area contributed by atoms with E-state index in [-0.39, 0.29) is 0 Å². The average molecular weight is 247 g/mol. The van der Waals surface area contributed by atoms with E-state index in [2.05, 4.69) is 47.5 Å². The van der Waals surface area contributed by atoms with Crippen LogP contribution in [0.2, 0.25) is 0 Å². The normalized spacial score (nSPS) is 19.9. The van der Waals surface area contributed by atoms with Crippen LogP contribution in [0.1, 0.15) is 38.9 Å². The lowest BCUT2D eigenvalue weighted by Gasteiger charge is -2.31. The van der Waals surface area contributed by atoms with Crippen molar-refractivity contribution < 1.29 is 0 Å². The molecule has 1 aliphatic carbocycles. The molecule has 0 saturated heterocycles. The molecule has 1 atom stereocenters. The Hall–Kier alpha value is -1.09. The Morgan fingerprint density at radius 3 is 2.83 bits per heavy atom. The zero-order chi connectivity index (χ0) is 13.0. The molecule has 0 bridgehead atoms. The van der Waals surface area contributed by atoms with Crippen molar-refractivity contribution in [1.29, 1.82) is 0 Å². The van der Waals surface area contributed by atoms with Crippen LogP contribution in [0.3, 0.4) is 0 Å². The summed E-state index contributed by atoms with van der Waals surface area (Å²) in [6.45, 7) is 6.71. The molecule has 1 heterocycles. The van der Waals surface area contributed by atoms with Gasteiger partial charge in [0.2, 0.25) is 0 Å². The molecule has 3 heteroatoms. The van der Waals surface area contributed by atoms with Gasteiger partial charge in [0.05, 0.1) is 6.54 Å². The van der Waals surface area contributed by atoms with Crippen LogP contribution in [0.5, 0.6) is 0 Å². The molecular formula is C15H25N3. The number of nitrogens with zero attached hydrogens (tertiary/aromatic N) is 3. The molecule has 0 fully saturated rings. The van der Waals surface area contributed by atoms with Gasteiger partial charge in [-0.05, 0) is 39.0 Å². The monoisotopic (exact) mass is 247 g/mol. The van der Waals surface area contributed by atoms with Gasteiger partial charge >= 0.3 is 0 Å². The van der Waals surface area contributed by atoms with Gasteiger partial charge in [-0.2, -0.15) is 0 Å². The van der Waals surface area contributed by atoms with E-state index in [1.165, 1.54) is 25.8 Å². The first-order chi connectivity index (χ1) is 8.66. The van der Waals surface area contributed by atoms with Crippen molar-refractivity contribution in [3.8, 4) is 0 Å². The summed E-state index contributed by atoms with van der Waals surface area (Å²) in [5.41, 5.74) is 0. The standard InChI is InChI=1S/C15H25N3/c1-13(2)18(11-14-7-5-4-6-8-14)12-15-16-9-10-17(15)3/h4-5,9-10,13-14H,6-8,11-12H2,1-3H3.